The Kier molecular flexibility index (Phi) is 4.94. The van der Waals surface area contributed by atoms with Crippen LogP contribution in [-0.4, -0.2) is 16.1 Å². The highest BCUT2D eigenvalue weighted by Gasteiger charge is 1.98. The van der Waals surface area contributed by atoms with Gasteiger partial charge in [0.2, 0.25) is 0 Å². The molecule has 2 aromatic heterocycles. The Bertz CT molecular complexity index is 495. The number of hydrogen-bond donors (Lipinski definition) is 1. The molecule has 94 valence electrons. The highest BCUT2D eigenvalue weighted by molar-refractivity contribution is 7.12. The van der Waals surface area contributed by atoms with Crippen LogP contribution in [0.25, 0.3) is 0 Å². The highest BCUT2D eigenvalue weighted by Crippen LogP contribution is 2.14. The van der Waals surface area contributed by atoms with Gasteiger partial charge in [-0.3, -0.25) is 0 Å². The van der Waals surface area contributed by atoms with Crippen molar-refractivity contribution in [3.63, 3.8) is 0 Å². The number of nitrogens with one attached hydrogen (secondary N) is 1. The first kappa shape index (κ1) is 12.8. The van der Waals surface area contributed by atoms with Gasteiger partial charge in [-0.1, -0.05) is 0 Å². The number of unbranched alkanes of at least 4 members (excludes halogenated alkanes) is 1. The minimum absolute atomic E-state index is 0.784. The second kappa shape index (κ2) is 6.94. The van der Waals surface area contributed by atoms with Gasteiger partial charge in [-0.25, -0.2) is 4.98 Å². The number of nitriles is 1. The molecule has 0 amide bonds. The van der Waals surface area contributed by atoms with Crippen molar-refractivity contribution in [1.82, 2.24) is 14.9 Å². The molecule has 0 aliphatic heterocycles. The van der Waals surface area contributed by atoms with E-state index >= 15 is 0 Å². The zero-order valence-corrected chi connectivity index (χ0v) is 11.0. The molecule has 0 atom stereocenters. The molecule has 2 rings (SSSR count). The van der Waals surface area contributed by atoms with Crippen LogP contribution in [-0.2, 0) is 13.1 Å². The molecule has 0 saturated heterocycles. The van der Waals surface area contributed by atoms with E-state index in [9.17, 15) is 0 Å². The standard InChI is InChI=1S/C13H16N4S/c14-9-12-3-4-13(18-12)10-15-5-1-2-7-17-8-6-16-11-17/h3-4,6,8,11,15H,1-2,5,7,10H2. The topological polar surface area (TPSA) is 53.6 Å². The van der Waals surface area contributed by atoms with Crippen LogP contribution in [0.15, 0.2) is 30.9 Å². The lowest BCUT2D eigenvalue weighted by molar-refractivity contribution is 0.570. The molecule has 0 unspecified atom stereocenters. The van der Waals surface area contributed by atoms with Crippen LogP contribution in [0.5, 0.6) is 0 Å². The van der Waals surface area contributed by atoms with Gasteiger partial charge in [-0.05, 0) is 31.5 Å². The third kappa shape index (κ3) is 3.99. The van der Waals surface area contributed by atoms with Crippen LogP contribution < -0.4 is 5.32 Å². The SMILES string of the molecule is N#Cc1ccc(CNCCCCn2ccnc2)s1. The number of aryl methyl sites for hydroxylation is 1. The Morgan fingerprint density at radius 3 is 3.06 bits per heavy atom. The van der Waals surface area contributed by atoms with Crippen LogP contribution in [0.1, 0.15) is 22.6 Å². The van der Waals surface area contributed by atoms with E-state index in [1.54, 1.807) is 11.3 Å². The van der Waals surface area contributed by atoms with Crippen molar-refractivity contribution in [2.75, 3.05) is 6.54 Å². The largest absolute Gasteiger partial charge is 0.337 e. The molecule has 0 aromatic carbocycles. The quantitative estimate of drug-likeness (QED) is 0.778. The van der Waals surface area contributed by atoms with Crippen molar-refractivity contribution in [2.45, 2.75) is 25.9 Å². The molecule has 5 heteroatoms. The van der Waals surface area contributed by atoms with Crippen LogP contribution in [0, 0.1) is 11.3 Å². The van der Waals surface area contributed by atoms with E-state index < -0.39 is 0 Å². The monoisotopic (exact) mass is 260 g/mol. The summed E-state index contributed by atoms with van der Waals surface area (Å²) in [6.45, 7) is 2.89. The Hall–Kier alpha value is -1.64. The van der Waals surface area contributed by atoms with Gasteiger partial charge in [0.25, 0.3) is 0 Å². The molecule has 4 nitrogen and oxygen atoms in total. The van der Waals surface area contributed by atoms with Gasteiger partial charge < -0.3 is 9.88 Å². The third-order valence-corrected chi connectivity index (χ3v) is 3.64. The Balaban J connectivity index is 1.55. The average molecular weight is 260 g/mol. The fourth-order valence-corrected chi connectivity index (χ4v) is 2.48. The summed E-state index contributed by atoms with van der Waals surface area (Å²) < 4.78 is 2.10. The van der Waals surface area contributed by atoms with Crippen LogP contribution in [0.2, 0.25) is 0 Å². The molecule has 2 aromatic rings. The lowest BCUT2D eigenvalue weighted by Gasteiger charge is -2.03. The van der Waals surface area contributed by atoms with Crippen LogP contribution >= 0.6 is 11.3 Å². The van der Waals surface area contributed by atoms with Crippen LogP contribution in [0.4, 0.5) is 0 Å². The molecular formula is C13H16N4S. The van der Waals surface area contributed by atoms with Gasteiger partial charge in [0.1, 0.15) is 10.9 Å². The van der Waals surface area contributed by atoms with E-state index in [-0.39, 0.29) is 0 Å². The molecule has 0 aliphatic carbocycles. The second-order valence-corrected chi connectivity index (χ2v) is 5.23. The van der Waals surface area contributed by atoms with E-state index in [2.05, 4.69) is 20.9 Å². The lowest BCUT2D eigenvalue weighted by Crippen LogP contribution is -2.14. The number of rotatable bonds is 7. The van der Waals surface area contributed by atoms with E-state index in [1.807, 2.05) is 30.9 Å². The fraction of sp³-hybridized carbons (Fsp3) is 0.385. The van der Waals surface area contributed by atoms with Gasteiger partial charge in [-0.2, -0.15) is 5.26 Å². The first-order chi connectivity index (χ1) is 8.88. The number of hydrogen-bond acceptors (Lipinski definition) is 4. The van der Waals surface area contributed by atoms with Crippen LogP contribution in [0.3, 0.4) is 0 Å². The van der Waals surface area contributed by atoms with Crippen molar-refractivity contribution >= 4 is 11.3 Å². The Morgan fingerprint density at radius 2 is 2.33 bits per heavy atom. The van der Waals surface area contributed by atoms with E-state index in [0.717, 1.165) is 37.4 Å². The maximum Gasteiger partial charge on any atom is 0.110 e. The fourth-order valence-electron chi connectivity index (χ4n) is 1.71. The van der Waals surface area contributed by atoms with Crippen molar-refractivity contribution in [3.05, 3.63) is 40.6 Å². The van der Waals surface area contributed by atoms with Gasteiger partial charge in [0, 0.05) is 30.4 Å². The molecular weight excluding hydrogens is 244 g/mol. The van der Waals surface area contributed by atoms with Crippen molar-refractivity contribution in [2.24, 2.45) is 0 Å². The zero-order valence-electron chi connectivity index (χ0n) is 10.2. The summed E-state index contributed by atoms with van der Waals surface area (Å²) in [6.07, 6.45) is 7.94. The highest BCUT2D eigenvalue weighted by atomic mass is 32.1. The summed E-state index contributed by atoms with van der Waals surface area (Å²) in [5, 5.41) is 12.1. The van der Waals surface area contributed by atoms with E-state index in [1.165, 1.54) is 4.88 Å². The van der Waals surface area contributed by atoms with Gasteiger partial charge >= 0.3 is 0 Å². The third-order valence-electron chi connectivity index (χ3n) is 2.65. The van der Waals surface area contributed by atoms with E-state index in [4.69, 9.17) is 5.26 Å². The number of aromatic nitrogens is 2. The van der Waals surface area contributed by atoms with Crippen molar-refractivity contribution in [3.8, 4) is 6.07 Å². The van der Waals surface area contributed by atoms with Gasteiger partial charge in [0.15, 0.2) is 0 Å². The molecule has 0 radical (unpaired) electrons. The summed E-state index contributed by atoms with van der Waals surface area (Å²) in [6, 6.07) is 6.05. The van der Waals surface area contributed by atoms with Gasteiger partial charge in [0.05, 0.1) is 6.33 Å². The van der Waals surface area contributed by atoms with Crippen molar-refractivity contribution in [1.29, 1.82) is 5.26 Å². The summed E-state index contributed by atoms with van der Waals surface area (Å²) in [5.74, 6) is 0. The predicted molar refractivity (Wildman–Crippen MR) is 72.2 cm³/mol. The number of nitrogens with zero attached hydrogens (tertiary/aromatic N) is 3. The van der Waals surface area contributed by atoms with Gasteiger partial charge in [-0.15, -0.1) is 11.3 Å². The molecule has 0 fully saturated rings. The van der Waals surface area contributed by atoms with E-state index in [0.29, 0.717) is 0 Å². The molecule has 0 saturated carbocycles. The predicted octanol–water partition coefficient (Wildman–Crippen LogP) is 2.39. The minimum atomic E-state index is 0.784. The summed E-state index contributed by atoms with van der Waals surface area (Å²) in [7, 11) is 0. The normalized spacial score (nSPS) is 10.4. The molecule has 1 N–H and O–H groups in total. The number of thiophene rings is 1. The smallest absolute Gasteiger partial charge is 0.110 e. The maximum atomic E-state index is 8.72. The van der Waals surface area contributed by atoms with Crippen molar-refractivity contribution < 1.29 is 0 Å². The molecule has 2 heterocycles. The number of imidazole rings is 1. The minimum Gasteiger partial charge on any atom is -0.337 e. The lowest BCUT2D eigenvalue weighted by atomic mass is 10.3. The Morgan fingerprint density at radius 1 is 1.39 bits per heavy atom. The molecule has 0 bridgehead atoms. The molecule has 0 aliphatic rings. The summed E-state index contributed by atoms with van der Waals surface area (Å²) >= 11 is 1.56. The summed E-state index contributed by atoms with van der Waals surface area (Å²) in [5.41, 5.74) is 0. The zero-order chi connectivity index (χ0) is 12.6. The molecule has 0 spiro atoms. The first-order valence-corrected chi connectivity index (χ1v) is 6.85. The molecule has 18 heavy (non-hydrogen) atoms. The maximum absolute atomic E-state index is 8.72. The average Bonchev–Trinajstić information content (AvgIpc) is 3.04. The first-order valence-electron chi connectivity index (χ1n) is 6.04. The second-order valence-electron chi connectivity index (χ2n) is 4.06. The summed E-state index contributed by atoms with van der Waals surface area (Å²) in [4.78, 5) is 6.02. The Labute approximate surface area is 111 Å².